The number of piperazine rings is 1. The maximum atomic E-state index is 13.9. The number of benzene rings is 1. The number of nitrogens with one attached hydrogen (secondary N) is 1. The summed E-state index contributed by atoms with van der Waals surface area (Å²) in [6.07, 6.45) is 0.943. The second-order valence-corrected chi connectivity index (χ2v) is 7.08. The Kier molecular flexibility index (Phi) is 6.99. The third-order valence-corrected chi connectivity index (χ3v) is 4.75. The molecule has 1 aliphatic heterocycles. The van der Waals surface area contributed by atoms with Crippen LogP contribution in [0.5, 0.6) is 0 Å². The standard InChI is InChI=1S/C17H25BrFN3O/c1-3-13(2)20-17(23)12-22-8-6-21(7-9-22)11-14-4-5-15(18)10-16(14)19/h4-5,10,13H,3,6-9,11-12H2,1-2H3,(H,20,23)/t13-/m1/s1. The minimum atomic E-state index is -0.172. The van der Waals surface area contributed by atoms with E-state index in [2.05, 4.69) is 38.0 Å². The molecule has 0 aliphatic carbocycles. The van der Waals surface area contributed by atoms with E-state index in [1.54, 1.807) is 0 Å². The molecule has 1 aliphatic rings. The molecule has 0 bridgehead atoms. The third-order valence-electron chi connectivity index (χ3n) is 4.26. The van der Waals surface area contributed by atoms with E-state index in [1.165, 1.54) is 6.07 Å². The molecule has 0 aromatic heterocycles. The van der Waals surface area contributed by atoms with Crippen molar-refractivity contribution in [2.75, 3.05) is 32.7 Å². The maximum absolute atomic E-state index is 13.9. The van der Waals surface area contributed by atoms with Crippen LogP contribution >= 0.6 is 15.9 Å². The SMILES string of the molecule is CC[C@@H](C)NC(=O)CN1CCN(Cc2ccc(Br)cc2F)CC1. The lowest BCUT2D eigenvalue weighted by Crippen LogP contribution is -2.49. The van der Waals surface area contributed by atoms with Crippen LogP contribution in [0.15, 0.2) is 22.7 Å². The van der Waals surface area contributed by atoms with E-state index in [0.717, 1.165) is 42.6 Å². The molecule has 1 atom stereocenters. The fraction of sp³-hybridized carbons (Fsp3) is 0.588. The molecule has 0 saturated carbocycles. The van der Waals surface area contributed by atoms with Gasteiger partial charge in [0.2, 0.25) is 5.91 Å². The molecular weight excluding hydrogens is 361 g/mol. The van der Waals surface area contributed by atoms with Crippen molar-refractivity contribution in [1.82, 2.24) is 15.1 Å². The number of hydrogen-bond acceptors (Lipinski definition) is 3. The number of nitrogens with zero attached hydrogens (tertiary/aromatic N) is 2. The summed E-state index contributed by atoms with van der Waals surface area (Å²) in [5.74, 6) is -0.0820. The van der Waals surface area contributed by atoms with Gasteiger partial charge in [0.1, 0.15) is 5.82 Å². The van der Waals surface area contributed by atoms with Gasteiger partial charge in [-0.05, 0) is 25.5 Å². The molecule has 6 heteroatoms. The topological polar surface area (TPSA) is 35.6 Å². The van der Waals surface area contributed by atoms with Crippen LogP contribution in [0.1, 0.15) is 25.8 Å². The minimum absolute atomic E-state index is 0.0896. The van der Waals surface area contributed by atoms with E-state index >= 15 is 0 Å². The van der Waals surface area contributed by atoms with Gasteiger partial charge in [-0.2, -0.15) is 0 Å². The molecule has 128 valence electrons. The van der Waals surface area contributed by atoms with Crippen LogP contribution in [-0.4, -0.2) is 54.5 Å². The summed E-state index contributed by atoms with van der Waals surface area (Å²) in [6, 6.07) is 5.42. The zero-order chi connectivity index (χ0) is 16.8. The lowest BCUT2D eigenvalue weighted by Gasteiger charge is -2.34. The van der Waals surface area contributed by atoms with Crippen LogP contribution in [0.4, 0.5) is 4.39 Å². The number of rotatable bonds is 6. The molecule has 1 aromatic carbocycles. The van der Waals surface area contributed by atoms with Gasteiger partial charge in [0, 0.05) is 48.8 Å². The molecular formula is C17H25BrFN3O. The lowest BCUT2D eigenvalue weighted by molar-refractivity contribution is -0.123. The van der Waals surface area contributed by atoms with Gasteiger partial charge >= 0.3 is 0 Å². The van der Waals surface area contributed by atoms with E-state index in [0.29, 0.717) is 13.1 Å². The Balaban J connectivity index is 1.76. The van der Waals surface area contributed by atoms with Crippen molar-refractivity contribution < 1.29 is 9.18 Å². The van der Waals surface area contributed by atoms with Crippen molar-refractivity contribution in [3.05, 3.63) is 34.1 Å². The van der Waals surface area contributed by atoms with Gasteiger partial charge in [0.15, 0.2) is 0 Å². The van der Waals surface area contributed by atoms with Crippen molar-refractivity contribution in [2.45, 2.75) is 32.9 Å². The normalized spacial score (nSPS) is 17.9. The van der Waals surface area contributed by atoms with Crippen molar-refractivity contribution in [3.63, 3.8) is 0 Å². The Morgan fingerprint density at radius 2 is 1.96 bits per heavy atom. The van der Waals surface area contributed by atoms with Gasteiger partial charge in [-0.1, -0.05) is 28.9 Å². The number of carbonyl (C=O) groups excluding carboxylic acids is 1. The Morgan fingerprint density at radius 3 is 2.57 bits per heavy atom. The number of carbonyl (C=O) groups is 1. The Bertz CT molecular complexity index is 533. The van der Waals surface area contributed by atoms with E-state index < -0.39 is 0 Å². The first-order chi connectivity index (χ1) is 11.0. The summed E-state index contributed by atoms with van der Waals surface area (Å²) in [5.41, 5.74) is 0.719. The molecule has 23 heavy (non-hydrogen) atoms. The molecule has 1 N–H and O–H groups in total. The highest BCUT2D eigenvalue weighted by molar-refractivity contribution is 9.10. The van der Waals surface area contributed by atoms with Crippen LogP contribution in [0.25, 0.3) is 0 Å². The molecule has 0 unspecified atom stereocenters. The van der Waals surface area contributed by atoms with Gasteiger partial charge in [-0.15, -0.1) is 0 Å². The monoisotopic (exact) mass is 385 g/mol. The van der Waals surface area contributed by atoms with Crippen LogP contribution in [0, 0.1) is 5.82 Å². The Hall–Kier alpha value is -0.980. The summed E-state index contributed by atoms with van der Waals surface area (Å²) in [6.45, 7) is 8.53. The molecule has 1 saturated heterocycles. The molecule has 2 rings (SSSR count). The minimum Gasteiger partial charge on any atom is -0.353 e. The summed E-state index contributed by atoms with van der Waals surface area (Å²) < 4.78 is 14.6. The predicted molar refractivity (Wildman–Crippen MR) is 93.7 cm³/mol. The van der Waals surface area contributed by atoms with Gasteiger partial charge in [-0.3, -0.25) is 14.6 Å². The predicted octanol–water partition coefficient (Wildman–Crippen LogP) is 2.62. The quantitative estimate of drug-likeness (QED) is 0.817. The first-order valence-electron chi connectivity index (χ1n) is 8.16. The molecule has 0 spiro atoms. The van der Waals surface area contributed by atoms with Crippen LogP contribution in [-0.2, 0) is 11.3 Å². The van der Waals surface area contributed by atoms with Crippen molar-refractivity contribution in [1.29, 1.82) is 0 Å². The second kappa shape index (κ2) is 8.76. The zero-order valence-corrected chi connectivity index (χ0v) is 15.4. The highest BCUT2D eigenvalue weighted by Crippen LogP contribution is 2.17. The highest BCUT2D eigenvalue weighted by atomic mass is 79.9. The van der Waals surface area contributed by atoms with Crippen LogP contribution in [0.2, 0.25) is 0 Å². The molecule has 1 amide bonds. The van der Waals surface area contributed by atoms with Crippen LogP contribution in [0.3, 0.4) is 0 Å². The highest BCUT2D eigenvalue weighted by Gasteiger charge is 2.20. The lowest BCUT2D eigenvalue weighted by atomic mass is 10.2. The van der Waals surface area contributed by atoms with Gasteiger partial charge in [0.25, 0.3) is 0 Å². The largest absolute Gasteiger partial charge is 0.353 e. The molecule has 4 nitrogen and oxygen atoms in total. The third kappa shape index (κ3) is 5.86. The van der Waals surface area contributed by atoms with Crippen molar-refractivity contribution in [3.8, 4) is 0 Å². The van der Waals surface area contributed by atoms with E-state index in [9.17, 15) is 9.18 Å². The second-order valence-electron chi connectivity index (χ2n) is 6.16. The summed E-state index contributed by atoms with van der Waals surface area (Å²) in [4.78, 5) is 16.3. The van der Waals surface area contributed by atoms with Crippen molar-refractivity contribution >= 4 is 21.8 Å². The number of halogens is 2. The van der Waals surface area contributed by atoms with Gasteiger partial charge in [-0.25, -0.2) is 4.39 Å². The molecule has 0 radical (unpaired) electrons. The van der Waals surface area contributed by atoms with E-state index in [1.807, 2.05) is 19.1 Å². The molecule has 1 aromatic rings. The van der Waals surface area contributed by atoms with Crippen LogP contribution < -0.4 is 5.32 Å². The first-order valence-corrected chi connectivity index (χ1v) is 8.95. The van der Waals surface area contributed by atoms with E-state index in [-0.39, 0.29) is 17.8 Å². The van der Waals surface area contributed by atoms with Crippen molar-refractivity contribution in [2.24, 2.45) is 0 Å². The Labute approximate surface area is 146 Å². The average Bonchev–Trinajstić information content (AvgIpc) is 2.51. The number of amides is 1. The summed E-state index contributed by atoms with van der Waals surface area (Å²) in [5, 5.41) is 2.99. The Morgan fingerprint density at radius 1 is 1.30 bits per heavy atom. The van der Waals surface area contributed by atoms with Gasteiger partial charge in [0.05, 0.1) is 6.54 Å². The summed E-state index contributed by atoms with van der Waals surface area (Å²) >= 11 is 3.28. The van der Waals surface area contributed by atoms with E-state index in [4.69, 9.17) is 0 Å². The van der Waals surface area contributed by atoms with Gasteiger partial charge < -0.3 is 5.32 Å². The molecule has 1 heterocycles. The first kappa shape index (κ1) is 18.4. The average molecular weight is 386 g/mol. The summed E-state index contributed by atoms with van der Waals surface area (Å²) in [7, 11) is 0. The fourth-order valence-electron chi connectivity index (χ4n) is 2.62. The smallest absolute Gasteiger partial charge is 0.234 e. The maximum Gasteiger partial charge on any atom is 0.234 e. The zero-order valence-electron chi connectivity index (χ0n) is 13.8. The molecule has 1 fully saturated rings. The number of hydrogen-bond donors (Lipinski definition) is 1. The fourth-order valence-corrected chi connectivity index (χ4v) is 2.96.